The molecule has 1 atom stereocenters. The van der Waals surface area contributed by atoms with E-state index in [1.54, 1.807) is 6.92 Å². The molecule has 1 heterocycles. The Hall–Kier alpha value is -1.30. The summed E-state index contributed by atoms with van der Waals surface area (Å²) in [6, 6.07) is 7.58. The van der Waals surface area contributed by atoms with Crippen LogP contribution in [0.1, 0.15) is 31.7 Å². The molecule has 1 saturated heterocycles. The number of amides is 2. The second kappa shape index (κ2) is 8.52. The van der Waals surface area contributed by atoms with Gasteiger partial charge in [-0.1, -0.05) is 29.8 Å². The average Bonchev–Trinajstić information content (AvgIpc) is 2.54. The first-order valence-electron chi connectivity index (χ1n) is 8.06. The van der Waals surface area contributed by atoms with E-state index in [0.717, 1.165) is 23.4 Å². The van der Waals surface area contributed by atoms with Crippen molar-refractivity contribution >= 4 is 17.6 Å². The number of aliphatic hydroxyl groups excluding tert-OH is 1. The minimum Gasteiger partial charge on any atom is -0.393 e. The van der Waals surface area contributed by atoms with Gasteiger partial charge in [0.05, 0.1) is 6.10 Å². The van der Waals surface area contributed by atoms with E-state index >= 15 is 0 Å². The van der Waals surface area contributed by atoms with Gasteiger partial charge in [0.1, 0.15) is 0 Å². The Morgan fingerprint density at radius 3 is 2.70 bits per heavy atom. The highest BCUT2D eigenvalue weighted by Crippen LogP contribution is 2.38. The zero-order valence-corrected chi connectivity index (χ0v) is 14.2. The number of carbonyl (C=O) groups is 1. The lowest BCUT2D eigenvalue weighted by Crippen LogP contribution is -2.47. The summed E-state index contributed by atoms with van der Waals surface area (Å²) in [6.07, 6.45) is 1.77. The topological polar surface area (TPSA) is 70.6 Å². The summed E-state index contributed by atoms with van der Waals surface area (Å²) >= 11 is 6.38. The Labute approximate surface area is 142 Å². The van der Waals surface area contributed by atoms with E-state index < -0.39 is 6.10 Å². The number of aliphatic hydroxyl groups is 1. The average molecular weight is 341 g/mol. The molecule has 1 fully saturated rings. The van der Waals surface area contributed by atoms with Crippen LogP contribution in [0.4, 0.5) is 4.79 Å². The third kappa shape index (κ3) is 5.09. The number of nitrogens with one attached hydrogen (secondary N) is 2. The highest BCUT2D eigenvalue weighted by Gasteiger charge is 2.36. The molecule has 3 N–H and O–H groups in total. The van der Waals surface area contributed by atoms with Crippen molar-refractivity contribution in [2.45, 2.75) is 37.7 Å². The van der Waals surface area contributed by atoms with Crippen molar-refractivity contribution in [3.63, 3.8) is 0 Å². The number of urea groups is 1. The summed E-state index contributed by atoms with van der Waals surface area (Å²) in [5, 5.41) is 15.7. The summed E-state index contributed by atoms with van der Waals surface area (Å²) < 4.78 is 5.48. The van der Waals surface area contributed by atoms with Gasteiger partial charge in [-0.2, -0.15) is 0 Å². The normalized spacial score (nSPS) is 18.2. The number of rotatable bonds is 6. The molecule has 23 heavy (non-hydrogen) atoms. The van der Waals surface area contributed by atoms with E-state index in [0.29, 0.717) is 32.7 Å². The van der Waals surface area contributed by atoms with Crippen molar-refractivity contribution < 1.29 is 14.6 Å². The van der Waals surface area contributed by atoms with Gasteiger partial charge in [0.25, 0.3) is 0 Å². The molecule has 0 aromatic heterocycles. The lowest BCUT2D eigenvalue weighted by molar-refractivity contribution is 0.0507. The van der Waals surface area contributed by atoms with E-state index in [1.165, 1.54) is 0 Å². The van der Waals surface area contributed by atoms with Crippen LogP contribution in [-0.4, -0.2) is 43.5 Å². The van der Waals surface area contributed by atoms with Crippen LogP contribution in [0.3, 0.4) is 0 Å². The molecule has 1 unspecified atom stereocenters. The van der Waals surface area contributed by atoms with Crippen LogP contribution in [0.5, 0.6) is 0 Å². The lowest BCUT2D eigenvalue weighted by atomic mass is 9.74. The molecule has 1 aromatic rings. The van der Waals surface area contributed by atoms with Crippen LogP contribution in [0, 0.1) is 0 Å². The van der Waals surface area contributed by atoms with E-state index in [-0.39, 0.29) is 11.4 Å². The van der Waals surface area contributed by atoms with Crippen molar-refractivity contribution in [1.29, 1.82) is 0 Å². The fourth-order valence-electron chi connectivity index (χ4n) is 2.90. The maximum absolute atomic E-state index is 12.0. The molecule has 128 valence electrons. The largest absolute Gasteiger partial charge is 0.393 e. The minimum absolute atomic E-state index is 0.196. The molecule has 0 bridgehead atoms. The first-order valence-corrected chi connectivity index (χ1v) is 8.44. The number of ether oxygens (including phenoxy) is 1. The molecule has 2 amide bonds. The van der Waals surface area contributed by atoms with Crippen molar-refractivity contribution in [1.82, 2.24) is 10.6 Å². The molecule has 0 saturated carbocycles. The zero-order chi connectivity index (χ0) is 16.7. The molecule has 0 aliphatic carbocycles. The predicted octanol–water partition coefficient (Wildman–Crippen LogP) is 2.46. The first kappa shape index (κ1) is 18.0. The quantitative estimate of drug-likeness (QED) is 0.745. The van der Waals surface area contributed by atoms with E-state index in [4.69, 9.17) is 16.3 Å². The van der Waals surface area contributed by atoms with E-state index in [2.05, 4.69) is 10.6 Å². The third-order valence-corrected chi connectivity index (χ3v) is 4.66. The third-order valence-electron chi connectivity index (χ3n) is 4.33. The number of hydrogen-bond acceptors (Lipinski definition) is 3. The molecule has 1 aromatic carbocycles. The summed E-state index contributed by atoms with van der Waals surface area (Å²) in [4.78, 5) is 12.0. The number of hydrogen-bond donors (Lipinski definition) is 3. The Balaban J connectivity index is 1.99. The lowest BCUT2D eigenvalue weighted by Gasteiger charge is -2.38. The molecule has 0 radical (unpaired) electrons. The summed E-state index contributed by atoms with van der Waals surface area (Å²) in [7, 11) is 0. The van der Waals surface area contributed by atoms with Crippen LogP contribution in [0.15, 0.2) is 24.3 Å². The van der Waals surface area contributed by atoms with Crippen LogP contribution in [0.2, 0.25) is 5.02 Å². The molecular formula is C17H25ClN2O3. The van der Waals surface area contributed by atoms with E-state index in [1.807, 2.05) is 24.3 Å². The van der Waals surface area contributed by atoms with Crippen LogP contribution < -0.4 is 10.6 Å². The summed E-state index contributed by atoms with van der Waals surface area (Å²) in [6.45, 7) is 3.99. The maximum atomic E-state index is 12.0. The van der Waals surface area contributed by atoms with Crippen molar-refractivity contribution in [3.05, 3.63) is 34.9 Å². The van der Waals surface area contributed by atoms with Crippen molar-refractivity contribution in [2.75, 3.05) is 26.3 Å². The molecular weight excluding hydrogens is 316 g/mol. The van der Waals surface area contributed by atoms with Crippen LogP contribution in [-0.2, 0) is 10.2 Å². The minimum atomic E-state index is -0.416. The van der Waals surface area contributed by atoms with Gasteiger partial charge in [0.2, 0.25) is 0 Å². The second-order valence-electron chi connectivity index (χ2n) is 6.12. The molecule has 2 rings (SSSR count). The maximum Gasteiger partial charge on any atom is 0.314 e. The second-order valence-corrected chi connectivity index (χ2v) is 6.53. The number of halogens is 1. The van der Waals surface area contributed by atoms with Gasteiger partial charge in [-0.25, -0.2) is 4.79 Å². The zero-order valence-electron chi connectivity index (χ0n) is 13.5. The van der Waals surface area contributed by atoms with Gasteiger partial charge in [0.15, 0.2) is 0 Å². The van der Waals surface area contributed by atoms with Crippen LogP contribution in [0.25, 0.3) is 0 Å². The highest BCUT2D eigenvalue weighted by molar-refractivity contribution is 6.31. The van der Waals surface area contributed by atoms with Crippen LogP contribution >= 0.6 is 11.6 Å². The van der Waals surface area contributed by atoms with Gasteiger partial charge >= 0.3 is 6.03 Å². The number of benzene rings is 1. The SMILES string of the molecule is CC(O)CCNC(=O)NCC1(c2ccccc2Cl)CCOCC1. The van der Waals surface area contributed by atoms with Crippen molar-refractivity contribution in [2.24, 2.45) is 0 Å². The van der Waals surface area contributed by atoms with Gasteiger partial charge in [0, 0.05) is 36.7 Å². The first-order chi connectivity index (χ1) is 11.0. The van der Waals surface area contributed by atoms with Gasteiger partial charge in [-0.3, -0.25) is 0 Å². The Morgan fingerprint density at radius 2 is 2.04 bits per heavy atom. The fraction of sp³-hybridized carbons (Fsp3) is 0.588. The Kier molecular flexibility index (Phi) is 6.69. The number of carbonyl (C=O) groups excluding carboxylic acids is 1. The Morgan fingerprint density at radius 1 is 1.35 bits per heavy atom. The fourth-order valence-corrected chi connectivity index (χ4v) is 3.24. The van der Waals surface area contributed by atoms with Gasteiger partial charge < -0.3 is 20.5 Å². The Bertz CT molecular complexity index is 516. The smallest absolute Gasteiger partial charge is 0.314 e. The standard InChI is InChI=1S/C17H25ClN2O3/c1-13(21)6-9-19-16(22)20-12-17(7-10-23-11-8-17)14-4-2-3-5-15(14)18/h2-5,13,21H,6-12H2,1H3,(H2,19,20,22). The molecule has 1 aliphatic heterocycles. The van der Waals surface area contributed by atoms with Crippen molar-refractivity contribution in [3.8, 4) is 0 Å². The molecule has 5 nitrogen and oxygen atoms in total. The summed E-state index contributed by atoms with van der Waals surface area (Å²) in [5.74, 6) is 0. The molecule has 1 aliphatic rings. The monoisotopic (exact) mass is 340 g/mol. The molecule has 0 spiro atoms. The predicted molar refractivity (Wildman–Crippen MR) is 90.9 cm³/mol. The molecule has 6 heteroatoms. The highest BCUT2D eigenvalue weighted by atomic mass is 35.5. The summed E-state index contributed by atoms with van der Waals surface area (Å²) in [5.41, 5.74) is 0.868. The van der Waals surface area contributed by atoms with Gasteiger partial charge in [-0.15, -0.1) is 0 Å². The van der Waals surface area contributed by atoms with E-state index in [9.17, 15) is 9.90 Å². The van der Waals surface area contributed by atoms with Gasteiger partial charge in [-0.05, 0) is 37.8 Å².